The minimum atomic E-state index is -1.05. The number of carboxylic acid groups (broad SMARTS) is 1. The van der Waals surface area contributed by atoms with Gasteiger partial charge in [-0.2, -0.15) is 0 Å². The average Bonchev–Trinajstić information content (AvgIpc) is 2.94. The number of benzene rings is 3. The van der Waals surface area contributed by atoms with Crippen molar-refractivity contribution in [2.24, 2.45) is 11.7 Å². The lowest BCUT2D eigenvalue weighted by atomic mass is 9.77. The van der Waals surface area contributed by atoms with Crippen molar-refractivity contribution in [2.45, 2.75) is 50.7 Å². The van der Waals surface area contributed by atoms with Crippen LogP contribution in [0.3, 0.4) is 0 Å². The molecule has 0 aliphatic rings. The first-order valence-electron chi connectivity index (χ1n) is 13.1. The molecule has 0 aliphatic heterocycles. The van der Waals surface area contributed by atoms with Crippen LogP contribution >= 0.6 is 0 Å². The number of carboxylic acids is 1. The summed E-state index contributed by atoms with van der Waals surface area (Å²) in [7, 11) is 1.65. The van der Waals surface area contributed by atoms with Crippen LogP contribution in [-0.2, 0) is 15.1 Å². The number of ether oxygens (including phenoxy) is 1. The molecule has 0 radical (unpaired) electrons. The summed E-state index contributed by atoms with van der Waals surface area (Å²) in [4.78, 5) is 24.1. The summed E-state index contributed by atoms with van der Waals surface area (Å²) in [5.41, 5.74) is 8.52. The molecule has 1 amide bonds. The summed E-state index contributed by atoms with van der Waals surface area (Å²) in [6, 6.07) is 26.9. The number of carbonyl (C=O) groups is 2. The molecule has 0 spiro atoms. The van der Waals surface area contributed by atoms with Gasteiger partial charge in [0, 0.05) is 0 Å². The highest BCUT2D eigenvalue weighted by molar-refractivity contribution is 5.86. The first-order chi connectivity index (χ1) is 18.3. The van der Waals surface area contributed by atoms with Crippen molar-refractivity contribution in [3.63, 3.8) is 0 Å². The predicted molar refractivity (Wildman–Crippen MR) is 150 cm³/mol. The van der Waals surface area contributed by atoms with E-state index in [4.69, 9.17) is 10.5 Å². The van der Waals surface area contributed by atoms with Crippen LogP contribution in [0, 0.1) is 5.92 Å². The van der Waals surface area contributed by atoms with Gasteiger partial charge in [0.25, 0.3) is 0 Å². The molecule has 0 fully saturated rings. The van der Waals surface area contributed by atoms with Crippen molar-refractivity contribution in [1.82, 2.24) is 10.6 Å². The molecule has 0 saturated carbocycles. The largest absolute Gasteiger partial charge is 0.497 e. The van der Waals surface area contributed by atoms with Crippen LogP contribution in [0.2, 0.25) is 0 Å². The molecule has 3 rings (SSSR count). The normalized spacial score (nSPS) is 13.1. The van der Waals surface area contributed by atoms with E-state index in [2.05, 4.69) is 47.0 Å². The third-order valence-electron chi connectivity index (χ3n) is 6.88. The maximum Gasteiger partial charge on any atom is 0.326 e. The summed E-state index contributed by atoms with van der Waals surface area (Å²) in [6.45, 7) is 4.29. The number of hydrogen-bond acceptors (Lipinski definition) is 5. The molecule has 38 heavy (non-hydrogen) atoms. The molecule has 0 saturated heterocycles. The summed E-state index contributed by atoms with van der Waals surface area (Å²) in [6.07, 6.45) is 1.65. The maximum atomic E-state index is 12.3. The van der Waals surface area contributed by atoms with E-state index in [1.807, 2.05) is 62.4 Å². The van der Waals surface area contributed by atoms with Gasteiger partial charge >= 0.3 is 5.97 Å². The summed E-state index contributed by atoms with van der Waals surface area (Å²) < 4.78 is 5.40. The van der Waals surface area contributed by atoms with Crippen molar-refractivity contribution >= 4 is 11.9 Å². The Hall–Kier alpha value is -3.68. The fourth-order valence-electron chi connectivity index (χ4n) is 4.60. The average molecular weight is 518 g/mol. The lowest BCUT2D eigenvalue weighted by Crippen LogP contribution is -2.50. The minimum Gasteiger partial charge on any atom is -0.497 e. The minimum absolute atomic E-state index is 0.0734. The Bertz CT molecular complexity index is 1110. The van der Waals surface area contributed by atoms with Gasteiger partial charge in [-0.25, -0.2) is 4.79 Å². The second-order valence-corrected chi connectivity index (χ2v) is 9.80. The Balaban J connectivity index is 1.80. The lowest BCUT2D eigenvalue weighted by Gasteiger charge is -2.37. The quantitative estimate of drug-likeness (QED) is 0.187. The number of hydrogen-bond donors (Lipinski definition) is 4. The molecule has 0 heterocycles. The first-order valence-corrected chi connectivity index (χ1v) is 13.1. The Morgan fingerprint density at radius 1 is 0.868 bits per heavy atom. The molecule has 3 aromatic carbocycles. The number of rotatable bonds is 14. The molecule has 5 N–H and O–H groups in total. The van der Waals surface area contributed by atoms with Crippen LogP contribution in [0.4, 0.5) is 0 Å². The third kappa shape index (κ3) is 7.00. The smallest absolute Gasteiger partial charge is 0.326 e. The van der Waals surface area contributed by atoms with Gasteiger partial charge in [-0.05, 0) is 60.5 Å². The zero-order chi connectivity index (χ0) is 27.5. The van der Waals surface area contributed by atoms with Crippen LogP contribution in [0.5, 0.6) is 5.75 Å². The molecule has 3 aromatic rings. The molecule has 2 atom stereocenters. The van der Waals surface area contributed by atoms with Gasteiger partial charge in [0.2, 0.25) is 5.91 Å². The van der Waals surface area contributed by atoms with E-state index < -0.39 is 29.5 Å². The van der Waals surface area contributed by atoms with Gasteiger partial charge in [-0.15, -0.1) is 0 Å². The number of methoxy groups -OCH3 is 1. The highest BCUT2D eigenvalue weighted by Gasteiger charge is 2.35. The Kier molecular flexibility index (Phi) is 10.4. The van der Waals surface area contributed by atoms with Crippen molar-refractivity contribution in [2.75, 3.05) is 13.7 Å². The van der Waals surface area contributed by atoms with Crippen LogP contribution in [0.1, 0.15) is 49.8 Å². The second-order valence-electron chi connectivity index (χ2n) is 9.80. The number of aliphatic carboxylic acids is 1. The van der Waals surface area contributed by atoms with Gasteiger partial charge < -0.3 is 20.9 Å². The van der Waals surface area contributed by atoms with E-state index in [0.717, 1.165) is 22.4 Å². The van der Waals surface area contributed by atoms with E-state index in [0.29, 0.717) is 25.8 Å². The van der Waals surface area contributed by atoms with Gasteiger partial charge in [-0.3, -0.25) is 10.1 Å². The van der Waals surface area contributed by atoms with Gasteiger partial charge in [0.1, 0.15) is 11.8 Å². The predicted octanol–water partition coefficient (Wildman–Crippen LogP) is 4.30. The second kappa shape index (κ2) is 13.7. The Morgan fingerprint density at radius 3 is 1.87 bits per heavy atom. The maximum absolute atomic E-state index is 12.3. The van der Waals surface area contributed by atoms with Crippen molar-refractivity contribution in [1.29, 1.82) is 0 Å². The van der Waals surface area contributed by atoms with Crippen LogP contribution in [-0.4, -0.2) is 42.7 Å². The summed E-state index contributed by atoms with van der Waals surface area (Å²) in [5.74, 6) is -0.779. The molecule has 0 bridgehead atoms. The van der Waals surface area contributed by atoms with Gasteiger partial charge in [0.15, 0.2) is 0 Å². The fourth-order valence-corrected chi connectivity index (χ4v) is 4.60. The first kappa shape index (κ1) is 28.9. The third-order valence-corrected chi connectivity index (χ3v) is 6.88. The number of nitrogens with two attached hydrogens (primary N) is 1. The van der Waals surface area contributed by atoms with Crippen LogP contribution in [0.25, 0.3) is 0 Å². The number of amides is 1. The molecule has 0 aliphatic carbocycles. The van der Waals surface area contributed by atoms with Gasteiger partial charge in [-0.1, -0.05) is 86.6 Å². The fraction of sp³-hybridized carbons (Fsp3) is 0.355. The monoisotopic (exact) mass is 517 g/mol. The summed E-state index contributed by atoms with van der Waals surface area (Å²) >= 11 is 0. The van der Waals surface area contributed by atoms with Crippen LogP contribution < -0.4 is 21.1 Å². The van der Waals surface area contributed by atoms with Crippen molar-refractivity contribution < 1.29 is 19.4 Å². The number of unbranched alkanes of at least 4 members (excludes halogenated alkanes) is 1. The zero-order valence-electron chi connectivity index (χ0n) is 22.4. The molecule has 7 nitrogen and oxygen atoms in total. The molecule has 0 unspecified atom stereocenters. The SMILES string of the molecule is COc1ccc(C(NCCCC[C@H](NC(=O)[C@@H](N)C(C)C)C(=O)O)(c2ccccc2)c2ccccc2)cc1. The highest BCUT2D eigenvalue weighted by Crippen LogP contribution is 2.37. The molecule has 0 aromatic heterocycles. The molecule has 7 heteroatoms. The van der Waals surface area contributed by atoms with Crippen LogP contribution in [0.15, 0.2) is 84.9 Å². The lowest BCUT2D eigenvalue weighted by molar-refractivity contribution is -0.142. The van der Waals surface area contributed by atoms with E-state index in [1.165, 1.54) is 0 Å². The van der Waals surface area contributed by atoms with Gasteiger partial charge in [0.05, 0.1) is 18.7 Å². The van der Waals surface area contributed by atoms with E-state index in [9.17, 15) is 14.7 Å². The standard InChI is InChI=1S/C31H39N3O4/c1-22(2)28(32)29(35)34-27(30(36)37)16-10-11-21-33-31(23-12-6-4-7-13-23,24-14-8-5-9-15-24)25-17-19-26(38-3)20-18-25/h4-9,12-15,17-20,22,27-28,33H,10-11,16,21,32H2,1-3H3,(H,34,35)(H,36,37)/t27-,28-/m0/s1. The van der Waals surface area contributed by atoms with E-state index in [1.54, 1.807) is 7.11 Å². The Morgan fingerprint density at radius 2 is 1.39 bits per heavy atom. The number of carbonyl (C=O) groups excluding carboxylic acids is 1. The van der Waals surface area contributed by atoms with Crippen molar-refractivity contribution in [3.8, 4) is 5.75 Å². The number of nitrogens with one attached hydrogen (secondary N) is 2. The molecule has 202 valence electrons. The van der Waals surface area contributed by atoms with E-state index in [-0.39, 0.29) is 5.92 Å². The topological polar surface area (TPSA) is 114 Å². The van der Waals surface area contributed by atoms with Crippen molar-refractivity contribution in [3.05, 3.63) is 102 Å². The Labute approximate surface area is 225 Å². The zero-order valence-corrected chi connectivity index (χ0v) is 22.4. The van der Waals surface area contributed by atoms with E-state index >= 15 is 0 Å². The molecular weight excluding hydrogens is 478 g/mol. The summed E-state index contributed by atoms with van der Waals surface area (Å²) in [5, 5.41) is 16.0. The molecular formula is C31H39N3O4. The highest BCUT2D eigenvalue weighted by atomic mass is 16.5.